The van der Waals surface area contributed by atoms with Crippen LogP contribution in [0.1, 0.15) is 18.5 Å². The van der Waals surface area contributed by atoms with Crippen molar-refractivity contribution in [2.24, 2.45) is 0 Å². The third-order valence-electron chi connectivity index (χ3n) is 3.08. The minimum Gasteiger partial charge on any atom is -0.378 e. The molecule has 0 amide bonds. The van der Waals surface area contributed by atoms with Gasteiger partial charge in [-0.15, -0.1) is 0 Å². The van der Waals surface area contributed by atoms with E-state index in [1.165, 1.54) is 12.3 Å². The van der Waals surface area contributed by atoms with Crippen LogP contribution >= 0.6 is 0 Å². The monoisotopic (exact) mass is 268 g/mol. The molecule has 3 rings (SSSR count). The number of anilines is 1. The van der Waals surface area contributed by atoms with Crippen LogP contribution in [0, 0.1) is 5.82 Å². The van der Waals surface area contributed by atoms with E-state index < -0.39 is 0 Å². The van der Waals surface area contributed by atoms with Gasteiger partial charge in [0.1, 0.15) is 5.82 Å². The number of rotatable bonds is 3. The molecular formula is C15H13FN4. The van der Waals surface area contributed by atoms with E-state index in [4.69, 9.17) is 0 Å². The second-order valence-electron chi connectivity index (χ2n) is 4.56. The lowest BCUT2D eigenvalue weighted by Gasteiger charge is -2.15. The molecule has 0 fully saturated rings. The van der Waals surface area contributed by atoms with Gasteiger partial charge in [0.2, 0.25) is 0 Å². The van der Waals surface area contributed by atoms with Crippen molar-refractivity contribution in [3.05, 3.63) is 60.4 Å². The molecule has 0 aliphatic rings. The normalized spacial score (nSPS) is 12.3. The highest BCUT2D eigenvalue weighted by atomic mass is 19.1. The van der Waals surface area contributed by atoms with Gasteiger partial charge in [0.15, 0.2) is 0 Å². The minimum absolute atomic E-state index is 0.0488. The summed E-state index contributed by atoms with van der Waals surface area (Å²) in [5.41, 5.74) is 3.37. The molecule has 0 aliphatic carbocycles. The van der Waals surface area contributed by atoms with Gasteiger partial charge in [-0.3, -0.25) is 15.0 Å². The Hall–Kier alpha value is -2.56. The van der Waals surface area contributed by atoms with Gasteiger partial charge < -0.3 is 5.32 Å². The van der Waals surface area contributed by atoms with Crippen molar-refractivity contribution < 1.29 is 4.39 Å². The van der Waals surface area contributed by atoms with Crippen LogP contribution in [-0.2, 0) is 0 Å². The van der Waals surface area contributed by atoms with Gasteiger partial charge in [0.25, 0.3) is 0 Å². The summed E-state index contributed by atoms with van der Waals surface area (Å²) in [6, 6.07) is 7.19. The van der Waals surface area contributed by atoms with Gasteiger partial charge in [0.05, 0.1) is 23.3 Å². The summed E-state index contributed by atoms with van der Waals surface area (Å²) in [6.07, 6.45) is 6.17. The number of aromatic nitrogens is 3. The van der Waals surface area contributed by atoms with Crippen molar-refractivity contribution in [1.82, 2.24) is 15.0 Å². The number of hydrogen-bond acceptors (Lipinski definition) is 4. The lowest BCUT2D eigenvalue weighted by molar-refractivity contribution is 0.616. The quantitative estimate of drug-likeness (QED) is 0.791. The van der Waals surface area contributed by atoms with Crippen LogP contribution in [0.2, 0.25) is 0 Å². The number of benzene rings is 1. The molecule has 5 heteroatoms. The van der Waals surface area contributed by atoms with Crippen molar-refractivity contribution >= 4 is 16.7 Å². The first-order valence-corrected chi connectivity index (χ1v) is 6.30. The molecule has 2 aromatic heterocycles. The first-order chi connectivity index (χ1) is 9.72. The van der Waals surface area contributed by atoms with E-state index in [1.54, 1.807) is 18.6 Å². The molecule has 1 aromatic carbocycles. The Labute approximate surface area is 115 Å². The summed E-state index contributed by atoms with van der Waals surface area (Å²) >= 11 is 0. The fourth-order valence-corrected chi connectivity index (χ4v) is 2.05. The molecule has 0 saturated carbocycles. The van der Waals surface area contributed by atoms with Gasteiger partial charge in [-0.2, -0.15) is 0 Å². The smallest absolute Gasteiger partial charge is 0.141 e. The lowest BCUT2D eigenvalue weighted by atomic mass is 10.1. The van der Waals surface area contributed by atoms with E-state index in [-0.39, 0.29) is 11.9 Å². The van der Waals surface area contributed by atoms with E-state index in [0.29, 0.717) is 0 Å². The van der Waals surface area contributed by atoms with Gasteiger partial charge in [-0.25, -0.2) is 4.39 Å². The number of nitrogens with zero attached hydrogens (tertiary/aromatic N) is 3. The van der Waals surface area contributed by atoms with Crippen LogP contribution < -0.4 is 5.32 Å². The third kappa shape index (κ3) is 2.56. The molecule has 1 N–H and O–H groups in total. The van der Waals surface area contributed by atoms with Crippen molar-refractivity contribution in [1.29, 1.82) is 0 Å². The highest BCUT2D eigenvalue weighted by molar-refractivity contribution is 5.78. The third-order valence-corrected chi connectivity index (χ3v) is 3.08. The molecule has 100 valence electrons. The Kier molecular flexibility index (Phi) is 3.25. The second kappa shape index (κ2) is 5.21. The Morgan fingerprint density at radius 3 is 2.65 bits per heavy atom. The maximum atomic E-state index is 13.2. The van der Waals surface area contributed by atoms with Gasteiger partial charge >= 0.3 is 0 Å². The minimum atomic E-state index is -0.333. The van der Waals surface area contributed by atoms with E-state index in [9.17, 15) is 4.39 Å². The van der Waals surface area contributed by atoms with Crippen molar-refractivity contribution in [3.8, 4) is 0 Å². The predicted octanol–water partition coefficient (Wildman–Crippen LogP) is 3.34. The highest BCUT2D eigenvalue weighted by Gasteiger charge is 2.07. The van der Waals surface area contributed by atoms with Gasteiger partial charge in [-0.05, 0) is 36.8 Å². The number of halogens is 1. The summed E-state index contributed by atoms with van der Waals surface area (Å²) in [7, 11) is 0. The average molecular weight is 268 g/mol. The average Bonchev–Trinajstić information content (AvgIpc) is 2.47. The largest absolute Gasteiger partial charge is 0.378 e. The Balaban J connectivity index is 1.85. The van der Waals surface area contributed by atoms with Crippen LogP contribution in [0.5, 0.6) is 0 Å². The van der Waals surface area contributed by atoms with Crippen molar-refractivity contribution in [2.75, 3.05) is 5.32 Å². The summed E-state index contributed by atoms with van der Waals surface area (Å²) in [4.78, 5) is 12.3. The van der Waals surface area contributed by atoms with Crippen LogP contribution in [0.3, 0.4) is 0 Å². The second-order valence-corrected chi connectivity index (χ2v) is 4.56. The molecule has 0 spiro atoms. The number of pyridine rings is 1. The molecule has 0 radical (unpaired) electrons. The molecule has 1 unspecified atom stereocenters. The molecule has 2 heterocycles. The molecule has 4 nitrogen and oxygen atoms in total. The standard InChI is InChI=1S/C15H13FN4/c1-10(11-6-12(16)9-17-8-11)20-13-2-3-14-15(7-13)19-5-4-18-14/h2-10,20H,1H3. The Morgan fingerprint density at radius 1 is 1.05 bits per heavy atom. The fourth-order valence-electron chi connectivity index (χ4n) is 2.05. The zero-order valence-corrected chi connectivity index (χ0v) is 10.9. The van der Waals surface area contributed by atoms with Gasteiger partial charge in [0, 0.05) is 24.3 Å². The first kappa shape index (κ1) is 12.5. The summed E-state index contributed by atoms with van der Waals surface area (Å²) in [5, 5.41) is 3.30. The van der Waals surface area contributed by atoms with Crippen LogP contribution in [0.4, 0.5) is 10.1 Å². The zero-order valence-electron chi connectivity index (χ0n) is 10.9. The Morgan fingerprint density at radius 2 is 1.85 bits per heavy atom. The predicted molar refractivity (Wildman–Crippen MR) is 75.8 cm³/mol. The molecular weight excluding hydrogens is 255 g/mol. The van der Waals surface area contributed by atoms with E-state index in [1.807, 2.05) is 25.1 Å². The van der Waals surface area contributed by atoms with E-state index >= 15 is 0 Å². The van der Waals surface area contributed by atoms with Crippen molar-refractivity contribution in [2.45, 2.75) is 13.0 Å². The SMILES string of the molecule is CC(Nc1ccc2nccnc2c1)c1cncc(F)c1. The number of nitrogens with one attached hydrogen (secondary N) is 1. The molecule has 20 heavy (non-hydrogen) atoms. The molecule has 3 aromatic rings. The van der Waals surface area contributed by atoms with Crippen LogP contribution in [-0.4, -0.2) is 15.0 Å². The maximum Gasteiger partial charge on any atom is 0.141 e. The van der Waals surface area contributed by atoms with Crippen molar-refractivity contribution in [3.63, 3.8) is 0 Å². The van der Waals surface area contributed by atoms with Gasteiger partial charge in [-0.1, -0.05) is 0 Å². The summed E-state index contributed by atoms with van der Waals surface area (Å²) < 4.78 is 13.2. The molecule has 0 aliphatic heterocycles. The molecule has 0 saturated heterocycles. The summed E-state index contributed by atoms with van der Waals surface area (Å²) in [5.74, 6) is -0.333. The number of hydrogen-bond donors (Lipinski definition) is 1. The zero-order chi connectivity index (χ0) is 13.9. The fraction of sp³-hybridized carbons (Fsp3) is 0.133. The lowest BCUT2D eigenvalue weighted by Crippen LogP contribution is -2.07. The number of fused-ring (bicyclic) bond motifs is 1. The van der Waals surface area contributed by atoms with Crippen LogP contribution in [0.25, 0.3) is 11.0 Å². The Bertz CT molecular complexity index is 745. The van der Waals surface area contributed by atoms with E-state index in [2.05, 4.69) is 20.3 Å². The highest BCUT2D eigenvalue weighted by Crippen LogP contribution is 2.21. The molecule has 1 atom stereocenters. The first-order valence-electron chi connectivity index (χ1n) is 6.30. The maximum absolute atomic E-state index is 13.2. The van der Waals surface area contributed by atoms with Crippen LogP contribution in [0.15, 0.2) is 49.1 Å². The topological polar surface area (TPSA) is 50.7 Å². The molecule has 0 bridgehead atoms. The van der Waals surface area contributed by atoms with E-state index in [0.717, 1.165) is 22.3 Å². The summed E-state index contributed by atoms with van der Waals surface area (Å²) in [6.45, 7) is 1.96.